The van der Waals surface area contributed by atoms with Crippen molar-refractivity contribution in [1.82, 2.24) is 0 Å². The van der Waals surface area contributed by atoms with Crippen LogP contribution in [0.2, 0.25) is 0 Å². The lowest BCUT2D eigenvalue weighted by Gasteiger charge is -2.22. The van der Waals surface area contributed by atoms with Crippen LogP contribution >= 0.6 is 0 Å². The van der Waals surface area contributed by atoms with Gasteiger partial charge in [0.1, 0.15) is 0 Å². The molecule has 0 fully saturated rings. The Balaban J connectivity index is 2.35. The van der Waals surface area contributed by atoms with Gasteiger partial charge in [-0.3, -0.25) is 4.79 Å². The van der Waals surface area contributed by atoms with E-state index in [-0.39, 0.29) is 16.9 Å². The molecule has 12 heteroatoms. The third-order valence-electron chi connectivity index (χ3n) is 5.04. The third-order valence-corrected chi connectivity index (χ3v) is 5.04. The molecule has 0 amide bonds. The summed E-state index contributed by atoms with van der Waals surface area (Å²) in [5.41, 5.74) is 0.567. The van der Waals surface area contributed by atoms with E-state index in [9.17, 15) is 44.7 Å². The summed E-state index contributed by atoms with van der Waals surface area (Å²) in [6.45, 7) is 0. The molecule has 2 rings (SSSR count). The molecule has 2 aromatic rings. The fourth-order valence-corrected chi connectivity index (χ4v) is 3.04. The summed E-state index contributed by atoms with van der Waals surface area (Å²) in [5, 5.41) is 56.4. The number of phenols is 4. The number of carbonyl (C=O) groups is 4. The summed E-state index contributed by atoms with van der Waals surface area (Å²) in [4.78, 5) is 48.9. The van der Waals surface area contributed by atoms with Crippen molar-refractivity contribution < 1.29 is 59.3 Å². The van der Waals surface area contributed by atoms with Gasteiger partial charge in [0.15, 0.2) is 34.5 Å². The van der Waals surface area contributed by atoms with E-state index in [0.29, 0.717) is 0 Å². The zero-order chi connectivity index (χ0) is 28.4. The number of carboxylic acid groups (broad SMARTS) is 1. The van der Waals surface area contributed by atoms with E-state index in [1.165, 1.54) is 36.4 Å². The van der Waals surface area contributed by atoms with Gasteiger partial charge in [-0.25, -0.2) is 14.4 Å². The molecule has 0 radical (unpaired) electrons. The summed E-state index contributed by atoms with van der Waals surface area (Å²) in [7, 11) is 0.972. The zero-order valence-electron chi connectivity index (χ0n) is 19.8. The number of benzene rings is 2. The van der Waals surface area contributed by atoms with E-state index in [4.69, 9.17) is 9.84 Å². The highest BCUT2D eigenvalue weighted by Gasteiger charge is 2.36. The SMILES string of the molecule is COC(=O)C(OC(=O)C=Cc1ccc(O)c(O)c1)C(CC=C(O)C(=O)O)C(=O)C=Cc1ccc(O)c(O)c1. The molecule has 0 aliphatic carbocycles. The predicted octanol–water partition coefficient (Wildman–Crippen LogP) is 2.42. The first kappa shape index (κ1) is 29.0. The molecule has 0 heterocycles. The first-order valence-corrected chi connectivity index (χ1v) is 10.8. The number of esters is 2. The number of hydrogen-bond acceptors (Lipinski definition) is 11. The maximum absolute atomic E-state index is 13.0. The van der Waals surface area contributed by atoms with Crippen LogP contribution in [0.5, 0.6) is 23.0 Å². The Morgan fingerprint density at radius 3 is 1.82 bits per heavy atom. The van der Waals surface area contributed by atoms with Crippen LogP contribution in [-0.2, 0) is 28.7 Å². The molecule has 0 saturated carbocycles. The number of ether oxygens (including phenoxy) is 2. The number of methoxy groups -OCH3 is 1. The molecule has 2 atom stereocenters. The third kappa shape index (κ3) is 8.16. The molecular weight excluding hydrogens is 504 g/mol. The highest BCUT2D eigenvalue weighted by molar-refractivity contribution is 5.99. The van der Waals surface area contributed by atoms with Gasteiger partial charge in [-0.2, -0.15) is 0 Å². The van der Waals surface area contributed by atoms with E-state index >= 15 is 0 Å². The second-order valence-electron chi connectivity index (χ2n) is 7.68. The Labute approximate surface area is 215 Å². The van der Waals surface area contributed by atoms with Crippen LogP contribution in [0.4, 0.5) is 0 Å². The number of rotatable bonds is 11. The lowest BCUT2D eigenvalue weighted by Crippen LogP contribution is -2.38. The number of phenolic OH excluding ortho intramolecular Hbond substituents is 4. The molecule has 200 valence electrons. The number of carbonyl (C=O) groups excluding carboxylic acids is 3. The van der Waals surface area contributed by atoms with Crippen LogP contribution in [0.1, 0.15) is 17.5 Å². The largest absolute Gasteiger partial charge is 0.504 e. The van der Waals surface area contributed by atoms with E-state index < -0.39 is 65.1 Å². The zero-order valence-corrected chi connectivity index (χ0v) is 19.8. The average molecular weight is 528 g/mol. The normalized spacial score (nSPS) is 13.2. The molecule has 0 spiro atoms. The van der Waals surface area contributed by atoms with Crippen molar-refractivity contribution in [3.05, 3.63) is 71.5 Å². The van der Waals surface area contributed by atoms with Crippen molar-refractivity contribution >= 4 is 35.8 Å². The molecule has 0 saturated heterocycles. The summed E-state index contributed by atoms with van der Waals surface area (Å²) in [6, 6.07) is 7.38. The molecule has 12 nitrogen and oxygen atoms in total. The molecule has 2 unspecified atom stereocenters. The van der Waals surface area contributed by atoms with Gasteiger partial charge in [0.25, 0.3) is 0 Å². The van der Waals surface area contributed by atoms with E-state index in [2.05, 4.69) is 4.74 Å². The lowest BCUT2D eigenvalue weighted by atomic mass is 9.92. The molecule has 6 N–H and O–H groups in total. The number of hydrogen-bond donors (Lipinski definition) is 6. The Bertz CT molecular complexity index is 1310. The van der Waals surface area contributed by atoms with Crippen molar-refractivity contribution in [3.8, 4) is 23.0 Å². The molecule has 0 aliphatic rings. The highest BCUT2D eigenvalue weighted by Crippen LogP contribution is 2.27. The minimum atomic E-state index is -1.87. The number of allylic oxidation sites excluding steroid dienone is 2. The summed E-state index contributed by atoms with van der Waals surface area (Å²) < 4.78 is 9.79. The monoisotopic (exact) mass is 528 g/mol. The van der Waals surface area contributed by atoms with Gasteiger partial charge < -0.3 is 40.1 Å². The molecule has 0 bridgehead atoms. The first-order chi connectivity index (χ1) is 17.9. The van der Waals surface area contributed by atoms with Crippen molar-refractivity contribution in [2.24, 2.45) is 5.92 Å². The number of carboxylic acids is 1. The van der Waals surface area contributed by atoms with Gasteiger partial charge >= 0.3 is 17.9 Å². The summed E-state index contributed by atoms with van der Waals surface area (Å²) >= 11 is 0. The second kappa shape index (κ2) is 13.2. The minimum Gasteiger partial charge on any atom is -0.504 e. The highest BCUT2D eigenvalue weighted by atomic mass is 16.6. The van der Waals surface area contributed by atoms with Crippen LogP contribution < -0.4 is 0 Å². The number of aromatic hydroxyl groups is 4. The Kier molecular flexibility index (Phi) is 10.0. The number of aliphatic hydroxyl groups is 1. The van der Waals surface area contributed by atoms with Crippen molar-refractivity contribution in [2.45, 2.75) is 12.5 Å². The lowest BCUT2D eigenvalue weighted by molar-refractivity contribution is -0.168. The predicted molar refractivity (Wildman–Crippen MR) is 131 cm³/mol. The van der Waals surface area contributed by atoms with Gasteiger partial charge in [-0.05, 0) is 60.0 Å². The van der Waals surface area contributed by atoms with Gasteiger partial charge in [0.2, 0.25) is 6.10 Å². The molecule has 2 aromatic carbocycles. The Hall–Kier alpha value is -5.26. The number of ketones is 1. The quantitative estimate of drug-likeness (QED) is 0.108. The van der Waals surface area contributed by atoms with Crippen LogP contribution in [0.3, 0.4) is 0 Å². The maximum atomic E-state index is 13.0. The Morgan fingerprint density at radius 2 is 1.34 bits per heavy atom. The fraction of sp³-hybridized carbons (Fsp3) is 0.154. The maximum Gasteiger partial charge on any atom is 0.370 e. The van der Waals surface area contributed by atoms with E-state index in [0.717, 1.165) is 37.5 Å². The van der Waals surface area contributed by atoms with E-state index in [1.54, 1.807) is 0 Å². The summed E-state index contributed by atoms with van der Waals surface area (Å²) in [5.74, 6) is -9.12. The molecular formula is C26H24O12. The first-order valence-electron chi connectivity index (χ1n) is 10.8. The second-order valence-corrected chi connectivity index (χ2v) is 7.68. The molecule has 38 heavy (non-hydrogen) atoms. The van der Waals surface area contributed by atoms with Crippen molar-refractivity contribution in [3.63, 3.8) is 0 Å². The number of aliphatic carboxylic acids is 1. The number of aliphatic hydroxyl groups excluding tert-OH is 1. The van der Waals surface area contributed by atoms with Crippen LogP contribution in [-0.4, -0.2) is 67.5 Å². The standard InChI is InChI=1S/C26H24O12/c1-37-26(36)24(38-23(33)11-5-15-4-9-19(29)22(32)13-15)16(6-10-20(30)25(34)35)17(27)7-2-14-3-8-18(28)21(31)12-14/h2-5,7-13,16,24,28-32H,6H2,1H3,(H,34,35). The molecule has 0 aliphatic heterocycles. The fourth-order valence-electron chi connectivity index (χ4n) is 3.04. The van der Waals surface area contributed by atoms with Crippen molar-refractivity contribution in [1.29, 1.82) is 0 Å². The van der Waals surface area contributed by atoms with E-state index in [1.807, 2.05) is 0 Å². The average Bonchev–Trinajstić information content (AvgIpc) is 2.88. The molecule has 0 aromatic heterocycles. The minimum absolute atomic E-state index is 0.281. The van der Waals surface area contributed by atoms with Crippen molar-refractivity contribution in [2.75, 3.05) is 7.11 Å². The van der Waals surface area contributed by atoms with Gasteiger partial charge in [0, 0.05) is 6.08 Å². The van der Waals surface area contributed by atoms with Crippen LogP contribution in [0, 0.1) is 5.92 Å². The van der Waals surface area contributed by atoms with Crippen LogP contribution in [0.15, 0.2) is 60.4 Å². The van der Waals surface area contributed by atoms with Gasteiger partial charge in [0.05, 0.1) is 13.0 Å². The topological polar surface area (TPSA) is 208 Å². The van der Waals surface area contributed by atoms with Crippen LogP contribution in [0.25, 0.3) is 12.2 Å². The van der Waals surface area contributed by atoms with Gasteiger partial charge in [-0.15, -0.1) is 0 Å². The Morgan fingerprint density at radius 1 is 0.816 bits per heavy atom. The van der Waals surface area contributed by atoms with Gasteiger partial charge in [-0.1, -0.05) is 18.2 Å². The summed E-state index contributed by atoms with van der Waals surface area (Å²) in [6.07, 6.45) is 2.61. The smallest absolute Gasteiger partial charge is 0.370 e.